The molecule has 2 aromatic carbocycles. The number of quaternary nitrogens is 1. The van der Waals surface area contributed by atoms with Gasteiger partial charge < -0.3 is 20.1 Å². The molecule has 0 aliphatic carbocycles. The highest BCUT2D eigenvalue weighted by molar-refractivity contribution is 6.10. The van der Waals surface area contributed by atoms with E-state index in [1.807, 2.05) is 0 Å². The van der Waals surface area contributed by atoms with Crippen molar-refractivity contribution >= 4 is 23.6 Å². The van der Waals surface area contributed by atoms with E-state index in [1.165, 1.54) is 19.1 Å². The van der Waals surface area contributed by atoms with Gasteiger partial charge in [0.1, 0.15) is 12.7 Å². The van der Waals surface area contributed by atoms with Gasteiger partial charge in [0, 0.05) is 24.9 Å². The number of methoxy groups -OCH3 is 1. The molecule has 4 N–H and O–H groups in total. The summed E-state index contributed by atoms with van der Waals surface area (Å²) in [6, 6.07) is 9.02. The van der Waals surface area contributed by atoms with Crippen molar-refractivity contribution in [2.45, 2.75) is 32.0 Å². The van der Waals surface area contributed by atoms with E-state index in [0.29, 0.717) is 23.1 Å². The normalized spacial score (nSPS) is 22.6. The number of benzene rings is 2. The summed E-state index contributed by atoms with van der Waals surface area (Å²) in [6.45, 7) is 7.73. The highest BCUT2D eigenvalue weighted by atomic mass is 19.4. The van der Waals surface area contributed by atoms with Gasteiger partial charge in [-0.3, -0.25) is 15.2 Å². The summed E-state index contributed by atoms with van der Waals surface area (Å²) >= 11 is 0. The van der Waals surface area contributed by atoms with E-state index in [2.05, 4.69) is 11.0 Å². The number of esters is 1. The molecule has 2 fully saturated rings. The number of nitrogens with two attached hydrogens (primary N) is 1. The molecule has 45 heavy (non-hydrogen) atoms. The molecule has 2 aromatic rings. The minimum absolute atomic E-state index is 0.0581. The quantitative estimate of drug-likeness (QED) is 0.314. The molecular formula is C31H37F3N7O4+. The Hall–Kier alpha value is -4.45. The number of nitriles is 1. The highest BCUT2D eigenvalue weighted by Crippen LogP contribution is 2.42. The van der Waals surface area contributed by atoms with Gasteiger partial charge in [0.05, 0.1) is 62.6 Å². The second-order valence-electron chi connectivity index (χ2n) is 11.2. The van der Waals surface area contributed by atoms with E-state index >= 15 is 0 Å². The number of allylic oxidation sites excluding steroid dienone is 1. The summed E-state index contributed by atoms with van der Waals surface area (Å²) in [5.74, 6) is -1.36. The summed E-state index contributed by atoms with van der Waals surface area (Å²) in [6.07, 6.45) is -3.34. The maximum atomic E-state index is 13.6. The first kappa shape index (κ1) is 33.4. The third-order valence-corrected chi connectivity index (χ3v) is 8.70. The van der Waals surface area contributed by atoms with Crippen LogP contribution in [0.3, 0.4) is 0 Å². The predicted molar refractivity (Wildman–Crippen MR) is 159 cm³/mol. The standard InChI is InChI=1S/C30H32F3N7O3.CH4O/c1-19-25(27(41)43-2)26(39(29(36)42)28(35)38(19)23-7-3-6-22(16-23)30(31,32)33)24-9-8-20(17-34)15-21(24)5-4-12-40-13-10-37(18-40)11-14-40;1-2/h3,6-9,15-16,26,35H,4-5,10-14,18H2,1-2H3,(H-,36,42);2H,1H3/p+1/t26-;/m1./s1. The lowest BCUT2D eigenvalue weighted by atomic mass is 9.87. The number of rotatable bonds is 7. The Morgan fingerprint density at radius 3 is 2.42 bits per heavy atom. The first-order valence-electron chi connectivity index (χ1n) is 14.4. The Bertz CT molecular complexity index is 1540. The molecule has 5 rings (SSSR count). The lowest BCUT2D eigenvalue weighted by molar-refractivity contribution is -0.908. The van der Waals surface area contributed by atoms with Crippen LogP contribution in [0.1, 0.15) is 41.6 Å². The molecule has 0 radical (unpaired) electrons. The van der Waals surface area contributed by atoms with Gasteiger partial charge in [-0.05, 0) is 54.8 Å². The molecule has 0 saturated carbocycles. The zero-order valence-corrected chi connectivity index (χ0v) is 25.4. The van der Waals surface area contributed by atoms with E-state index < -0.39 is 35.7 Å². The number of nitrogens with one attached hydrogen (secondary N) is 1. The lowest BCUT2D eigenvalue weighted by Gasteiger charge is -2.43. The minimum atomic E-state index is -4.66. The molecule has 2 saturated heterocycles. The summed E-state index contributed by atoms with van der Waals surface area (Å²) < 4.78 is 46.8. The molecule has 0 aromatic heterocycles. The number of piperazine rings is 1. The van der Waals surface area contributed by atoms with Crippen LogP contribution < -0.4 is 10.6 Å². The van der Waals surface area contributed by atoms with Crippen molar-refractivity contribution in [1.29, 1.82) is 10.7 Å². The fraction of sp³-hybridized carbons (Fsp3) is 0.419. The number of aryl methyl sites for hydroxylation is 1. The number of fused-ring (bicyclic) bond motifs is 2. The minimum Gasteiger partial charge on any atom is -0.466 e. The zero-order chi connectivity index (χ0) is 33.1. The number of carbonyl (C=O) groups excluding carboxylic acids is 2. The summed E-state index contributed by atoms with van der Waals surface area (Å²) in [5, 5.41) is 25.6. The van der Waals surface area contributed by atoms with Crippen LogP contribution in [0.4, 0.5) is 23.7 Å². The number of nitrogens with zero attached hydrogens (tertiary/aromatic N) is 5. The number of halogens is 3. The number of amides is 2. The van der Waals surface area contributed by atoms with Gasteiger partial charge in [0.2, 0.25) is 5.96 Å². The average molecular weight is 629 g/mol. The van der Waals surface area contributed by atoms with E-state index in [4.69, 9.17) is 21.0 Å². The van der Waals surface area contributed by atoms with Crippen molar-refractivity contribution in [3.8, 4) is 6.07 Å². The van der Waals surface area contributed by atoms with Gasteiger partial charge in [-0.1, -0.05) is 12.1 Å². The summed E-state index contributed by atoms with van der Waals surface area (Å²) in [5.41, 5.74) is 6.40. The highest BCUT2D eigenvalue weighted by Gasteiger charge is 2.45. The Morgan fingerprint density at radius 1 is 1.18 bits per heavy atom. The molecule has 2 amide bonds. The number of urea groups is 1. The molecule has 0 spiro atoms. The Balaban J connectivity index is 0.00000226. The zero-order valence-electron chi connectivity index (χ0n) is 25.4. The number of guanidine groups is 1. The van der Waals surface area contributed by atoms with E-state index in [9.17, 15) is 28.0 Å². The Morgan fingerprint density at radius 2 is 1.87 bits per heavy atom. The number of hydrogen-bond donors (Lipinski definition) is 3. The molecule has 3 aliphatic heterocycles. The first-order valence-corrected chi connectivity index (χ1v) is 14.4. The topological polar surface area (TPSA) is 147 Å². The van der Waals surface area contributed by atoms with Gasteiger partial charge in [0.15, 0.2) is 0 Å². The average Bonchev–Trinajstić information content (AvgIpc) is 3.62. The Labute approximate surface area is 259 Å². The van der Waals surface area contributed by atoms with Crippen LogP contribution in [-0.2, 0) is 22.1 Å². The lowest BCUT2D eigenvalue weighted by Crippen LogP contribution is -2.55. The predicted octanol–water partition coefficient (Wildman–Crippen LogP) is 3.55. The molecular weight excluding hydrogens is 591 g/mol. The maximum absolute atomic E-state index is 13.6. The van der Waals surface area contributed by atoms with E-state index in [0.717, 1.165) is 86.4 Å². The second-order valence-corrected chi connectivity index (χ2v) is 11.2. The van der Waals surface area contributed by atoms with Crippen LogP contribution in [0.2, 0.25) is 0 Å². The SMILES string of the molecule is CO.COC(=O)C1=C(C)N(c2cccc(C(F)(F)F)c2)C(=N)N(C(N)=O)[C@@H]1c1ccc(C#N)cc1CCC[N+]12CCN(CC1)C2. The van der Waals surface area contributed by atoms with Gasteiger partial charge in [-0.25, -0.2) is 14.5 Å². The van der Waals surface area contributed by atoms with E-state index in [1.54, 1.807) is 18.2 Å². The number of ether oxygens (including phenoxy) is 1. The van der Waals surface area contributed by atoms with Crippen LogP contribution >= 0.6 is 0 Å². The summed E-state index contributed by atoms with van der Waals surface area (Å²) in [7, 11) is 2.16. The number of alkyl halides is 3. The van der Waals surface area contributed by atoms with Crippen LogP contribution in [0, 0.1) is 16.7 Å². The number of carbonyl (C=O) groups is 2. The van der Waals surface area contributed by atoms with Crippen molar-refractivity contribution in [3.63, 3.8) is 0 Å². The summed E-state index contributed by atoms with van der Waals surface area (Å²) in [4.78, 5) is 30.7. The fourth-order valence-electron chi connectivity index (χ4n) is 6.56. The second kappa shape index (κ2) is 13.3. The van der Waals surface area contributed by atoms with Crippen molar-refractivity contribution in [3.05, 3.63) is 76.0 Å². The molecule has 3 aliphatic rings. The number of primary amides is 1. The molecule has 240 valence electrons. The monoisotopic (exact) mass is 628 g/mol. The first-order chi connectivity index (χ1) is 21.4. The van der Waals surface area contributed by atoms with Gasteiger partial charge >= 0.3 is 18.2 Å². The maximum Gasteiger partial charge on any atom is 0.416 e. The van der Waals surface area contributed by atoms with Crippen LogP contribution in [-0.4, -0.2) is 91.0 Å². The number of aliphatic hydroxyl groups is 1. The smallest absolute Gasteiger partial charge is 0.416 e. The van der Waals surface area contributed by atoms with Crippen LogP contribution in [0.5, 0.6) is 0 Å². The van der Waals surface area contributed by atoms with Crippen molar-refractivity contribution < 1.29 is 37.1 Å². The fourth-order valence-corrected chi connectivity index (χ4v) is 6.56. The van der Waals surface area contributed by atoms with Gasteiger partial charge in [0.25, 0.3) is 0 Å². The molecule has 0 unspecified atom stereocenters. The third-order valence-electron chi connectivity index (χ3n) is 8.70. The van der Waals surface area contributed by atoms with Crippen LogP contribution in [0.25, 0.3) is 0 Å². The van der Waals surface area contributed by atoms with Crippen molar-refractivity contribution in [2.75, 3.05) is 58.5 Å². The number of anilines is 1. The van der Waals surface area contributed by atoms with E-state index in [-0.39, 0.29) is 17.0 Å². The number of aliphatic hydroxyl groups excluding tert-OH is 1. The third kappa shape index (κ3) is 6.51. The van der Waals surface area contributed by atoms with Gasteiger partial charge in [-0.2, -0.15) is 18.4 Å². The molecule has 2 bridgehead atoms. The Kier molecular flexibility index (Phi) is 9.86. The molecule has 11 nitrogen and oxygen atoms in total. The van der Waals surface area contributed by atoms with Crippen molar-refractivity contribution in [1.82, 2.24) is 9.80 Å². The molecule has 3 heterocycles. The van der Waals surface area contributed by atoms with Crippen LogP contribution in [0.15, 0.2) is 53.7 Å². The molecule has 14 heteroatoms. The van der Waals surface area contributed by atoms with Gasteiger partial charge in [-0.15, -0.1) is 0 Å². The number of hydrogen-bond acceptors (Lipinski definition) is 7. The largest absolute Gasteiger partial charge is 0.466 e. The molecule has 1 atom stereocenters. The van der Waals surface area contributed by atoms with Crippen molar-refractivity contribution in [2.24, 2.45) is 5.73 Å².